The van der Waals surface area contributed by atoms with E-state index < -0.39 is 0 Å². The molecular formula is C11H20ClN3OS. The van der Waals surface area contributed by atoms with Crippen molar-refractivity contribution in [1.82, 2.24) is 10.2 Å². The van der Waals surface area contributed by atoms with Gasteiger partial charge in [0.05, 0.1) is 13.1 Å². The van der Waals surface area contributed by atoms with Crippen LogP contribution in [0.2, 0.25) is 0 Å². The molecule has 1 aromatic heterocycles. The summed E-state index contributed by atoms with van der Waals surface area (Å²) in [6.45, 7) is 3.67. The molecule has 0 radical (unpaired) electrons. The molecule has 3 N–H and O–H groups in total. The lowest BCUT2D eigenvalue weighted by molar-refractivity contribution is -0.122. The van der Waals surface area contributed by atoms with Gasteiger partial charge >= 0.3 is 0 Å². The molecule has 0 aliphatic heterocycles. The third kappa shape index (κ3) is 7.33. The highest BCUT2D eigenvalue weighted by Crippen LogP contribution is 2.07. The van der Waals surface area contributed by atoms with E-state index in [1.807, 2.05) is 36.4 Å². The Morgan fingerprint density at radius 3 is 2.88 bits per heavy atom. The van der Waals surface area contributed by atoms with Crippen molar-refractivity contribution in [2.45, 2.75) is 19.5 Å². The molecule has 0 aliphatic carbocycles. The summed E-state index contributed by atoms with van der Waals surface area (Å²) in [7, 11) is 1.90. The number of hydrogen-bond acceptors (Lipinski definition) is 4. The van der Waals surface area contributed by atoms with E-state index in [2.05, 4.69) is 5.32 Å². The largest absolute Gasteiger partial charge is 0.350 e. The molecule has 0 fully saturated rings. The first-order valence-corrected chi connectivity index (χ1v) is 6.19. The molecule has 0 aromatic carbocycles. The third-order valence-electron chi connectivity index (χ3n) is 2.05. The van der Waals surface area contributed by atoms with Gasteiger partial charge < -0.3 is 11.1 Å². The van der Waals surface area contributed by atoms with Gasteiger partial charge in [0, 0.05) is 17.5 Å². The van der Waals surface area contributed by atoms with Crippen molar-refractivity contribution < 1.29 is 4.79 Å². The number of carbonyl (C=O) groups excluding carboxylic acids is 1. The van der Waals surface area contributed by atoms with Crippen molar-refractivity contribution in [3.63, 3.8) is 0 Å². The highest BCUT2D eigenvalue weighted by Gasteiger charge is 2.07. The lowest BCUT2D eigenvalue weighted by atomic mass is 10.3. The van der Waals surface area contributed by atoms with Gasteiger partial charge in [-0.1, -0.05) is 6.07 Å². The maximum Gasteiger partial charge on any atom is 0.234 e. The molecule has 0 spiro atoms. The van der Waals surface area contributed by atoms with E-state index in [-0.39, 0.29) is 24.4 Å². The number of thiophene rings is 1. The SMILES string of the molecule is CC(N)CN(C)CC(=O)NCc1cccs1.Cl. The van der Waals surface area contributed by atoms with Gasteiger partial charge in [-0.05, 0) is 25.4 Å². The van der Waals surface area contributed by atoms with Crippen LogP contribution in [0, 0.1) is 0 Å². The third-order valence-corrected chi connectivity index (χ3v) is 2.93. The molecule has 4 nitrogen and oxygen atoms in total. The van der Waals surface area contributed by atoms with Crippen LogP contribution in [0.4, 0.5) is 0 Å². The highest BCUT2D eigenvalue weighted by molar-refractivity contribution is 7.09. The molecule has 0 bridgehead atoms. The lowest BCUT2D eigenvalue weighted by Crippen LogP contribution is -2.39. The van der Waals surface area contributed by atoms with Gasteiger partial charge in [0.15, 0.2) is 0 Å². The molecular weight excluding hydrogens is 258 g/mol. The zero-order chi connectivity index (χ0) is 12.0. The topological polar surface area (TPSA) is 58.4 Å². The molecule has 98 valence electrons. The number of halogens is 1. The van der Waals surface area contributed by atoms with E-state index >= 15 is 0 Å². The highest BCUT2D eigenvalue weighted by atomic mass is 35.5. The number of amides is 1. The van der Waals surface area contributed by atoms with Crippen LogP contribution in [-0.4, -0.2) is 37.0 Å². The summed E-state index contributed by atoms with van der Waals surface area (Å²) in [6.07, 6.45) is 0. The van der Waals surface area contributed by atoms with E-state index in [0.29, 0.717) is 13.1 Å². The minimum Gasteiger partial charge on any atom is -0.350 e. The molecule has 17 heavy (non-hydrogen) atoms. The number of carbonyl (C=O) groups is 1. The Kier molecular flexibility index (Phi) is 8.16. The van der Waals surface area contributed by atoms with E-state index in [1.165, 1.54) is 4.88 Å². The van der Waals surface area contributed by atoms with Crippen molar-refractivity contribution in [1.29, 1.82) is 0 Å². The minimum absolute atomic E-state index is 0. The monoisotopic (exact) mass is 277 g/mol. The van der Waals surface area contributed by atoms with Gasteiger partial charge in [-0.15, -0.1) is 23.7 Å². The zero-order valence-corrected chi connectivity index (χ0v) is 11.8. The molecule has 6 heteroatoms. The Morgan fingerprint density at radius 2 is 2.35 bits per heavy atom. The Morgan fingerprint density at radius 1 is 1.65 bits per heavy atom. The van der Waals surface area contributed by atoms with E-state index in [0.717, 1.165) is 6.54 Å². The molecule has 1 aromatic rings. The summed E-state index contributed by atoms with van der Waals surface area (Å²) in [5.74, 6) is 0.0385. The van der Waals surface area contributed by atoms with Crippen molar-refractivity contribution >= 4 is 29.7 Å². The minimum atomic E-state index is 0. The van der Waals surface area contributed by atoms with Crippen LogP contribution in [0.25, 0.3) is 0 Å². The number of nitrogens with zero attached hydrogens (tertiary/aromatic N) is 1. The van der Waals surface area contributed by atoms with Gasteiger partial charge in [-0.25, -0.2) is 0 Å². The Bertz CT molecular complexity index is 317. The van der Waals surface area contributed by atoms with Crippen LogP contribution in [0.1, 0.15) is 11.8 Å². The van der Waals surface area contributed by atoms with Crippen LogP contribution < -0.4 is 11.1 Å². The maximum absolute atomic E-state index is 11.5. The first kappa shape index (κ1) is 16.4. The van der Waals surface area contributed by atoms with Crippen LogP contribution in [-0.2, 0) is 11.3 Å². The van der Waals surface area contributed by atoms with Gasteiger partial charge in [0.25, 0.3) is 0 Å². The molecule has 1 heterocycles. The second kappa shape index (κ2) is 8.47. The van der Waals surface area contributed by atoms with Gasteiger partial charge in [-0.3, -0.25) is 9.69 Å². The summed E-state index contributed by atoms with van der Waals surface area (Å²) in [6, 6.07) is 4.08. The zero-order valence-electron chi connectivity index (χ0n) is 10.2. The Balaban J connectivity index is 0.00000256. The fourth-order valence-corrected chi connectivity index (χ4v) is 2.10. The summed E-state index contributed by atoms with van der Waals surface area (Å²) in [5, 5.41) is 4.88. The lowest BCUT2D eigenvalue weighted by Gasteiger charge is -2.18. The summed E-state index contributed by atoms with van der Waals surface area (Å²) in [5.41, 5.74) is 5.65. The normalized spacial score (nSPS) is 12.0. The van der Waals surface area contributed by atoms with E-state index in [4.69, 9.17) is 5.73 Å². The van der Waals surface area contributed by atoms with Gasteiger partial charge in [0.1, 0.15) is 0 Å². The molecule has 1 rings (SSSR count). The van der Waals surface area contributed by atoms with Crippen LogP contribution in [0.3, 0.4) is 0 Å². The van der Waals surface area contributed by atoms with E-state index in [9.17, 15) is 4.79 Å². The van der Waals surface area contributed by atoms with E-state index in [1.54, 1.807) is 11.3 Å². The number of likely N-dealkylation sites (N-methyl/N-ethyl adjacent to an activating group) is 1. The fourth-order valence-electron chi connectivity index (χ4n) is 1.46. The first-order valence-electron chi connectivity index (χ1n) is 5.31. The van der Waals surface area contributed by atoms with Crippen molar-refractivity contribution in [2.75, 3.05) is 20.1 Å². The standard InChI is InChI=1S/C11H19N3OS.ClH/c1-9(12)7-14(2)8-11(15)13-6-10-4-3-5-16-10;/h3-5,9H,6-8,12H2,1-2H3,(H,13,15);1H. The second-order valence-electron chi connectivity index (χ2n) is 4.03. The summed E-state index contributed by atoms with van der Waals surface area (Å²) >= 11 is 1.65. The van der Waals surface area contributed by atoms with Crippen molar-refractivity contribution in [3.8, 4) is 0 Å². The number of nitrogens with two attached hydrogens (primary N) is 1. The Hall–Kier alpha value is -0.620. The van der Waals surface area contributed by atoms with Crippen molar-refractivity contribution in [2.24, 2.45) is 5.73 Å². The Labute approximate surface area is 113 Å². The average molecular weight is 278 g/mol. The second-order valence-corrected chi connectivity index (χ2v) is 5.06. The first-order chi connectivity index (χ1) is 7.58. The number of hydrogen-bond donors (Lipinski definition) is 2. The molecule has 0 saturated carbocycles. The molecule has 0 aliphatic rings. The van der Waals surface area contributed by atoms with Gasteiger partial charge in [-0.2, -0.15) is 0 Å². The maximum atomic E-state index is 11.5. The predicted octanol–water partition coefficient (Wildman–Crippen LogP) is 1.07. The molecule has 0 saturated heterocycles. The predicted molar refractivity (Wildman–Crippen MR) is 74.6 cm³/mol. The van der Waals surface area contributed by atoms with Crippen LogP contribution in [0.5, 0.6) is 0 Å². The van der Waals surface area contributed by atoms with Crippen LogP contribution >= 0.6 is 23.7 Å². The van der Waals surface area contributed by atoms with Gasteiger partial charge in [0.2, 0.25) is 5.91 Å². The number of rotatable bonds is 6. The molecule has 1 unspecified atom stereocenters. The fraction of sp³-hybridized carbons (Fsp3) is 0.545. The summed E-state index contributed by atoms with van der Waals surface area (Å²) < 4.78 is 0. The average Bonchev–Trinajstić information content (AvgIpc) is 2.65. The van der Waals surface area contributed by atoms with Crippen LogP contribution in [0.15, 0.2) is 17.5 Å². The number of nitrogens with one attached hydrogen (secondary N) is 1. The summed E-state index contributed by atoms with van der Waals surface area (Å²) in [4.78, 5) is 14.6. The quantitative estimate of drug-likeness (QED) is 0.818. The van der Waals surface area contributed by atoms with Crippen molar-refractivity contribution in [3.05, 3.63) is 22.4 Å². The molecule has 1 atom stereocenters. The molecule has 1 amide bonds. The smallest absolute Gasteiger partial charge is 0.234 e.